The quantitative estimate of drug-likeness (QED) is 0.774. The maximum Gasteiger partial charge on any atom is 0.243 e. The number of nitrogens with one attached hydrogen (secondary N) is 1. The number of ether oxygens (including phenoxy) is 1. The summed E-state index contributed by atoms with van der Waals surface area (Å²) >= 11 is 0. The minimum Gasteiger partial charge on any atom is -0.496 e. The Morgan fingerprint density at radius 2 is 2.21 bits per heavy atom. The third-order valence-electron chi connectivity index (χ3n) is 4.17. The normalized spacial score (nSPS) is 19.0. The molecule has 1 atom stereocenters. The summed E-state index contributed by atoms with van der Waals surface area (Å²) in [6.07, 6.45) is 1.27. The number of aliphatic hydroxyl groups is 1. The first-order chi connectivity index (χ1) is 11.4. The van der Waals surface area contributed by atoms with Gasteiger partial charge in [-0.05, 0) is 43.5 Å². The number of rotatable bonds is 6. The molecular weight excluding hydrogens is 332 g/mol. The lowest BCUT2D eigenvalue weighted by Gasteiger charge is -2.31. The molecule has 0 bridgehead atoms. The van der Waals surface area contributed by atoms with Gasteiger partial charge in [-0.25, -0.2) is 8.42 Å². The minimum atomic E-state index is -3.65. The second-order valence-corrected chi connectivity index (χ2v) is 7.79. The van der Waals surface area contributed by atoms with Gasteiger partial charge in [0.15, 0.2) is 0 Å². The summed E-state index contributed by atoms with van der Waals surface area (Å²) in [4.78, 5) is 12.2. The molecule has 7 nitrogen and oxygen atoms in total. The smallest absolute Gasteiger partial charge is 0.243 e. The fraction of sp³-hybridized carbons (Fsp3) is 0.562. The first kappa shape index (κ1) is 18.7. The molecule has 0 radical (unpaired) electrons. The SMILES string of the molecule is COc1ccc(S(=O)(=O)N2CCCC(C(=O)NCCO)C2)cc1C. The molecule has 24 heavy (non-hydrogen) atoms. The third kappa shape index (κ3) is 4.06. The van der Waals surface area contributed by atoms with Crippen LogP contribution in [0.1, 0.15) is 18.4 Å². The Balaban J connectivity index is 2.16. The van der Waals surface area contributed by atoms with Crippen molar-refractivity contribution in [3.63, 3.8) is 0 Å². The van der Waals surface area contributed by atoms with Crippen LogP contribution >= 0.6 is 0 Å². The molecule has 1 aromatic rings. The highest BCUT2D eigenvalue weighted by atomic mass is 32.2. The Hall–Kier alpha value is -1.64. The number of aliphatic hydroxyl groups excluding tert-OH is 1. The van der Waals surface area contributed by atoms with E-state index in [1.54, 1.807) is 19.1 Å². The molecular formula is C16H24N2O5S. The number of carbonyl (C=O) groups excluding carboxylic acids is 1. The topological polar surface area (TPSA) is 95.9 Å². The van der Waals surface area contributed by atoms with Gasteiger partial charge < -0.3 is 15.2 Å². The largest absolute Gasteiger partial charge is 0.496 e. The van der Waals surface area contributed by atoms with Gasteiger partial charge in [-0.15, -0.1) is 0 Å². The average Bonchev–Trinajstić information content (AvgIpc) is 2.59. The molecule has 2 rings (SSSR count). The van der Waals surface area contributed by atoms with E-state index >= 15 is 0 Å². The first-order valence-corrected chi connectivity index (χ1v) is 9.37. The lowest BCUT2D eigenvalue weighted by molar-refractivity contribution is -0.126. The predicted octanol–water partition coefficient (Wildman–Crippen LogP) is 0.513. The van der Waals surface area contributed by atoms with Crippen LogP contribution in [0.5, 0.6) is 5.75 Å². The number of aryl methyl sites for hydroxylation is 1. The summed E-state index contributed by atoms with van der Waals surface area (Å²) in [5.41, 5.74) is 0.743. The van der Waals surface area contributed by atoms with Crippen molar-refractivity contribution in [3.8, 4) is 5.75 Å². The Labute approximate surface area is 142 Å². The van der Waals surface area contributed by atoms with Crippen molar-refractivity contribution in [3.05, 3.63) is 23.8 Å². The average molecular weight is 356 g/mol. The van der Waals surface area contributed by atoms with Crippen molar-refractivity contribution in [2.24, 2.45) is 5.92 Å². The van der Waals surface area contributed by atoms with Gasteiger partial charge in [-0.1, -0.05) is 0 Å². The molecule has 1 amide bonds. The number of hydrogen-bond donors (Lipinski definition) is 2. The van der Waals surface area contributed by atoms with Crippen LogP contribution in [-0.2, 0) is 14.8 Å². The van der Waals surface area contributed by atoms with Crippen molar-refractivity contribution in [2.75, 3.05) is 33.4 Å². The van der Waals surface area contributed by atoms with Crippen molar-refractivity contribution < 1.29 is 23.1 Å². The van der Waals surface area contributed by atoms with Crippen LogP contribution in [0.4, 0.5) is 0 Å². The zero-order chi connectivity index (χ0) is 17.7. The fourth-order valence-corrected chi connectivity index (χ4v) is 4.47. The molecule has 2 N–H and O–H groups in total. The maximum atomic E-state index is 12.8. The third-order valence-corrected chi connectivity index (χ3v) is 6.03. The van der Waals surface area contributed by atoms with Gasteiger partial charge in [0.05, 0.1) is 24.5 Å². The van der Waals surface area contributed by atoms with E-state index in [9.17, 15) is 13.2 Å². The molecule has 0 aliphatic carbocycles. The van der Waals surface area contributed by atoms with Crippen LogP contribution in [-0.4, -0.2) is 57.1 Å². The van der Waals surface area contributed by atoms with E-state index in [4.69, 9.17) is 9.84 Å². The van der Waals surface area contributed by atoms with Crippen LogP contribution in [0, 0.1) is 12.8 Å². The highest BCUT2D eigenvalue weighted by Gasteiger charge is 2.33. The molecule has 0 spiro atoms. The summed E-state index contributed by atoms with van der Waals surface area (Å²) in [6, 6.07) is 4.75. The number of piperidine rings is 1. The Morgan fingerprint density at radius 1 is 1.46 bits per heavy atom. The Kier molecular flexibility index (Phi) is 6.20. The van der Waals surface area contributed by atoms with Gasteiger partial charge in [0, 0.05) is 19.6 Å². The number of carbonyl (C=O) groups is 1. The highest BCUT2D eigenvalue weighted by Crippen LogP contribution is 2.27. The van der Waals surface area contributed by atoms with Gasteiger partial charge in [0.2, 0.25) is 15.9 Å². The number of nitrogens with zero attached hydrogens (tertiary/aromatic N) is 1. The van der Waals surface area contributed by atoms with Crippen LogP contribution < -0.4 is 10.1 Å². The van der Waals surface area contributed by atoms with Gasteiger partial charge in [-0.3, -0.25) is 4.79 Å². The fourth-order valence-electron chi connectivity index (χ4n) is 2.86. The molecule has 0 saturated carbocycles. The van der Waals surface area contributed by atoms with E-state index in [1.807, 2.05) is 0 Å². The molecule has 1 aliphatic heterocycles. The van der Waals surface area contributed by atoms with Crippen LogP contribution in [0.25, 0.3) is 0 Å². The van der Waals surface area contributed by atoms with Gasteiger partial charge >= 0.3 is 0 Å². The summed E-state index contributed by atoms with van der Waals surface area (Å²) in [6.45, 7) is 2.40. The molecule has 0 aromatic heterocycles. The minimum absolute atomic E-state index is 0.133. The molecule has 1 aromatic carbocycles. The number of methoxy groups -OCH3 is 1. The molecule has 1 aliphatic rings. The second-order valence-electron chi connectivity index (χ2n) is 5.85. The van der Waals surface area contributed by atoms with E-state index in [0.717, 1.165) is 5.56 Å². The van der Waals surface area contributed by atoms with Gasteiger partial charge in [0.1, 0.15) is 5.75 Å². The molecule has 1 unspecified atom stereocenters. The molecule has 1 fully saturated rings. The van der Waals surface area contributed by atoms with Gasteiger partial charge in [-0.2, -0.15) is 4.31 Å². The van der Waals surface area contributed by atoms with Crippen molar-refractivity contribution >= 4 is 15.9 Å². The number of benzene rings is 1. The second kappa shape index (κ2) is 7.96. The summed E-state index contributed by atoms with van der Waals surface area (Å²) in [5, 5.41) is 11.4. The maximum absolute atomic E-state index is 12.8. The van der Waals surface area contributed by atoms with Crippen LogP contribution in [0.15, 0.2) is 23.1 Å². The van der Waals surface area contributed by atoms with E-state index in [1.165, 1.54) is 17.5 Å². The lowest BCUT2D eigenvalue weighted by atomic mass is 9.99. The summed E-state index contributed by atoms with van der Waals surface area (Å²) < 4.78 is 32.2. The monoisotopic (exact) mass is 356 g/mol. The van der Waals surface area contributed by atoms with Crippen molar-refractivity contribution in [1.82, 2.24) is 9.62 Å². The zero-order valence-corrected chi connectivity index (χ0v) is 14.8. The van der Waals surface area contributed by atoms with E-state index in [0.29, 0.717) is 25.1 Å². The Morgan fingerprint density at radius 3 is 2.83 bits per heavy atom. The van der Waals surface area contributed by atoms with E-state index in [-0.39, 0.29) is 36.4 Å². The van der Waals surface area contributed by atoms with Crippen molar-refractivity contribution in [1.29, 1.82) is 0 Å². The zero-order valence-electron chi connectivity index (χ0n) is 14.0. The number of hydrogen-bond acceptors (Lipinski definition) is 5. The predicted molar refractivity (Wildman–Crippen MR) is 89.3 cm³/mol. The number of amides is 1. The highest BCUT2D eigenvalue weighted by molar-refractivity contribution is 7.89. The molecule has 1 heterocycles. The van der Waals surface area contributed by atoms with Crippen LogP contribution in [0.2, 0.25) is 0 Å². The van der Waals surface area contributed by atoms with Crippen molar-refractivity contribution in [2.45, 2.75) is 24.7 Å². The van der Waals surface area contributed by atoms with E-state index in [2.05, 4.69) is 5.32 Å². The Bertz CT molecular complexity index is 690. The van der Waals surface area contributed by atoms with Gasteiger partial charge in [0.25, 0.3) is 0 Å². The summed E-state index contributed by atoms with van der Waals surface area (Å²) in [7, 11) is -2.11. The lowest BCUT2D eigenvalue weighted by Crippen LogP contribution is -2.45. The standard InChI is InChI=1S/C16H24N2O5S/c1-12-10-14(5-6-15(12)23-2)24(21,22)18-8-3-4-13(11-18)16(20)17-7-9-19/h5-6,10,13,19H,3-4,7-9,11H2,1-2H3,(H,17,20). The number of sulfonamides is 1. The molecule has 134 valence electrons. The van der Waals surface area contributed by atoms with Crippen LogP contribution in [0.3, 0.4) is 0 Å². The molecule has 8 heteroatoms. The van der Waals surface area contributed by atoms with E-state index < -0.39 is 10.0 Å². The summed E-state index contributed by atoms with van der Waals surface area (Å²) in [5.74, 6) is 0.0307. The molecule has 1 saturated heterocycles. The first-order valence-electron chi connectivity index (χ1n) is 7.93.